The second kappa shape index (κ2) is 8.18. The predicted octanol–water partition coefficient (Wildman–Crippen LogP) is 5.57. The summed E-state index contributed by atoms with van der Waals surface area (Å²) in [5.41, 5.74) is 3.84. The van der Waals surface area contributed by atoms with Gasteiger partial charge in [0.05, 0.1) is 5.69 Å². The molecule has 2 aromatic carbocycles. The Bertz CT molecular complexity index is 1080. The Balaban J connectivity index is 2.51. The number of rotatable bonds is 6. The van der Waals surface area contributed by atoms with Gasteiger partial charge in [-0.15, -0.1) is 0 Å². The Kier molecular flexibility index (Phi) is 5.85. The van der Waals surface area contributed by atoms with Crippen LogP contribution in [0.3, 0.4) is 0 Å². The van der Waals surface area contributed by atoms with Gasteiger partial charge in [-0.3, -0.25) is 14.4 Å². The zero-order chi connectivity index (χ0) is 21.3. The fourth-order valence-corrected chi connectivity index (χ4v) is 4.05. The lowest BCUT2D eigenvalue weighted by Crippen LogP contribution is -2.20. The quantitative estimate of drug-likeness (QED) is 0.396. The molecular formula is C24H22ClNO3. The van der Waals surface area contributed by atoms with Gasteiger partial charge < -0.3 is 4.57 Å². The number of hydrogen-bond acceptors (Lipinski definition) is 3. The van der Waals surface area contributed by atoms with Crippen LogP contribution in [0.15, 0.2) is 54.6 Å². The number of halogens is 1. The van der Waals surface area contributed by atoms with E-state index in [2.05, 4.69) is 0 Å². The molecule has 4 nitrogen and oxygen atoms in total. The fourth-order valence-electron chi connectivity index (χ4n) is 3.92. The van der Waals surface area contributed by atoms with Crippen molar-refractivity contribution >= 4 is 29.0 Å². The molecule has 148 valence electrons. The molecule has 0 unspecified atom stereocenters. The molecule has 5 heteroatoms. The monoisotopic (exact) mass is 407 g/mol. The van der Waals surface area contributed by atoms with Gasteiger partial charge in [-0.05, 0) is 57.5 Å². The minimum atomic E-state index is -1.01. The normalized spacial score (nSPS) is 11.0. The first kappa shape index (κ1) is 20.7. The number of ketones is 3. The van der Waals surface area contributed by atoms with Gasteiger partial charge in [-0.25, -0.2) is 0 Å². The highest BCUT2D eigenvalue weighted by Gasteiger charge is 2.34. The summed E-state index contributed by atoms with van der Waals surface area (Å²) in [5.74, 6) is -1.78. The van der Waals surface area contributed by atoms with Crippen LogP contribution in [-0.4, -0.2) is 21.9 Å². The summed E-state index contributed by atoms with van der Waals surface area (Å²) in [5, 5.41) is 0.575. The average Bonchev–Trinajstić information content (AvgIpc) is 2.95. The van der Waals surface area contributed by atoms with E-state index in [1.807, 2.05) is 54.0 Å². The molecule has 0 aliphatic rings. The third kappa shape index (κ3) is 3.81. The lowest BCUT2D eigenvalue weighted by Gasteiger charge is -2.17. The summed E-state index contributed by atoms with van der Waals surface area (Å²) in [6, 6.07) is 16.7. The highest BCUT2D eigenvalue weighted by atomic mass is 35.5. The number of para-hydroxylation sites is 1. The first-order valence-corrected chi connectivity index (χ1v) is 9.70. The van der Waals surface area contributed by atoms with Gasteiger partial charge in [0.2, 0.25) is 0 Å². The summed E-state index contributed by atoms with van der Waals surface area (Å²) >= 11 is 6.08. The summed E-state index contributed by atoms with van der Waals surface area (Å²) in [4.78, 5) is 37.6. The molecule has 3 rings (SSSR count). The van der Waals surface area contributed by atoms with E-state index >= 15 is 0 Å². The number of benzene rings is 2. The highest BCUT2D eigenvalue weighted by Crippen LogP contribution is 2.40. The van der Waals surface area contributed by atoms with E-state index in [4.69, 9.17) is 11.6 Å². The summed E-state index contributed by atoms with van der Waals surface area (Å²) < 4.78 is 1.94. The minimum absolute atomic E-state index is 0.185. The lowest BCUT2D eigenvalue weighted by molar-refractivity contribution is -0.126. The van der Waals surface area contributed by atoms with E-state index < -0.39 is 5.92 Å². The molecule has 0 atom stereocenters. The Morgan fingerprint density at radius 1 is 0.862 bits per heavy atom. The average molecular weight is 408 g/mol. The highest BCUT2D eigenvalue weighted by molar-refractivity contribution is 6.30. The molecule has 0 saturated carbocycles. The van der Waals surface area contributed by atoms with Crippen molar-refractivity contribution < 1.29 is 14.4 Å². The zero-order valence-corrected chi connectivity index (χ0v) is 17.6. The molecule has 0 bridgehead atoms. The van der Waals surface area contributed by atoms with E-state index in [1.165, 1.54) is 20.8 Å². The molecule has 1 heterocycles. The number of carbonyl (C=O) groups is 3. The molecule has 29 heavy (non-hydrogen) atoms. The van der Waals surface area contributed by atoms with Gasteiger partial charge in [0.1, 0.15) is 17.5 Å². The van der Waals surface area contributed by atoms with E-state index in [0.29, 0.717) is 27.5 Å². The maximum Gasteiger partial charge on any atom is 0.161 e. The van der Waals surface area contributed by atoms with Crippen molar-refractivity contribution in [3.8, 4) is 16.9 Å². The van der Waals surface area contributed by atoms with E-state index in [0.717, 1.165) is 11.3 Å². The van der Waals surface area contributed by atoms with Crippen molar-refractivity contribution in [2.24, 2.45) is 0 Å². The topological polar surface area (TPSA) is 56.1 Å². The van der Waals surface area contributed by atoms with Gasteiger partial charge in [0.15, 0.2) is 5.78 Å². The summed E-state index contributed by atoms with van der Waals surface area (Å²) in [6.45, 7) is 6.07. The molecule has 0 aliphatic heterocycles. The largest absolute Gasteiger partial charge is 0.313 e. The van der Waals surface area contributed by atoms with Gasteiger partial charge in [-0.2, -0.15) is 0 Å². The van der Waals surface area contributed by atoms with Gasteiger partial charge >= 0.3 is 0 Å². The SMILES string of the molecule is CC(=O)c1c(C(C(C)=O)C(C)=O)c(-c2ccc(Cl)cc2)n(-c2ccccc2)c1C. The van der Waals surface area contributed by atoms with Crippen molar-refractivity contribution in [2.45, 2.75) is 33.6 Å². The van der Waals surface area contributed by atoms with Crippen molar-refractivity contribution in [1.29, 1.82) is 0 Å². The van der Waals surface area contributed by atoms with Crippen LogP contribution < -0.4 is 0 Å². The summed E-state index contributed by atoms with van der Waals surface area (Å²) in [6.07, 6.45) is 0. The predicted molar refractivity (Wildman–Crippen MR) is 115 cm³/mol. The number of Topliss-reactive ketones (excluding diaryl/α,β-unsaturated/α-hetero) is 3. The van der Waals surface area contributed by atoms with Crippen LogP contribution in [0.2, 0.25) is 5.02 Å². The Hall–Kier alpha value is -2.98. The summed E-state index contributed by atoms with van der Waals surface area (Å²) in [7, 11) is 0. The molecule has 1 aromatic heterocycles. The van der Waals surface area contributed by atoms with E-state index in [9.17, 15) is 14.4 Å². The van der Waals surface area contributed by atoms with Crippen LogP contribution in [0.4, 0.5) is 0 Å². The molecule has 0 spiro atoms. The second-order valence-corrected chi connectivity index (χ2v) is 7.55. The van der Waals surface area contributed by atoms with Gasteiger partial charge in [0, 0.05) is 27.5 Å². The van der Waals surface area contributed by atoms with Crippen molar-refractivity contribution in [1.82, 2.24) is 4.57 Å². The fraction of sp³-hybridized carbons (Fsp3) is 0.208. The van der Waals surface area contributed by atoms with Crippen LogP contribution in [0.1, 0.15) is 48.3 Å². The van der Waals surface area contributed by atoms with E-state index in [1.54, 1.807) is 12.1 Å². The minimum Gasteiger partial charge on any atom is -0.313 e. The maximum absolute atomic E-state index is 12.7. The standard InChI is InChI=1S/C24H22ClNO3/c1-14-21(15(2)27)23(22(16(3)28)17(4)29)24(18-10-12-19(25)13-11-18)26(14)20-8-6-5-7-9-20/h5-13,22H,1-4H3. The Morgan fingerprint density at radius 3 is 1.90 bits per heavy atom. The van der Waals surface area contributed by atoms with Crippen molar-refractivity contribution in [2.75, 3.05) is 0 Å². The number of hydrogen-bond donors (Lipinski definition) is 0. The molecule has 0 aliphatic carbocycles. The van der Waals surface area contributed by atoms with Crippen LogP contribution in [0.5, 0.6) is 0 Å². The van der Waals surface area contributed by atoms with Crippen LogP contribution in [-0.2, 0) is 9.59 Å². The number of aromatic nitrogens is 1. The molecule has 0 saturated heterocycles. The molecule has 3 aromatic rings. The Labute approximate surface area is 175 Å². The third-order valence-electron chi connectivity index (χ3n) is 5.03. The van der Waals surface area contributed by atoms with Crippen LogP contribution in [0.25, 0.3) is 16.9 Å². The number of nitrogens with zero attached hydrogens (tertiary/aromatic N) is 1. The molecular weight excluding hydrogens is 386 g/mol. The van der Waals surface area contributed by atoms with Crippen LogP contribution in [0, 0.1) is 6.92 Å². The first-order valence-electron chi connectivity index (χ1n) is 9.32. The molecule has 0 radical (unpaired) electrons. The lowest BCUT2D eigenvalue weighted by atomic mass is 9.86. The first-order chi connectivity index (χ1) is 13.7. The third-order valence-corrected chi connectivity index (χ3v) is 5.28. The van der Waals surface area contributed by atoms with Crippen LogP contribution >= 0.6 is 11.6 Å². The smallest absolute Gasteiger partial charge is 0.161 e. The Morgan fingerprint density at radius 2 is 1.41 bits per heavy atom. The second-order valence-electron chi connectivity index (χ2n) is 7.11. The molecule has 0 amide bonds. The molecule has 0 fully saturated rings. The maximum atomic E-state index is 12.7. The number of carbonyl (C=O) groups excluding carboxylic acids is 3. The molecule has 0 N–H and O–H groups in total. The zero-order valence-electron chi connectivity index (χ0n) is 16.8. The van der Waals surface area contributed by atoms with Gasteiger partial charge in [0.25, 0.3) is 0 Å². The van der Waals surface area contributed by atoms with E-state index in [-0.39, 0.29) is 17.3 Å². The van der Waals surface area contributed by atoms with Crippen molar-refractivity contribution in [3.05, 3.63) is 76.4 Å². The van der Waals surface area contributed by atoms with Gasteiger partial charge in [-0.1, -0.05) is 41.9 Å². The van der Waals surface area contributed by atoms with Crippen molar-refractivity contribution in [3.63, 3.8) is 0 Å².